The van der Waals surface area contributed by atoms with Gasteiger partial charge in [-0.25, -0.2) is 4.98 Å². The van der Waals surface area contributed by atoms with E-state index in [1.165, 1.54) is 21.7 Å². The van der Waals surface area contributed by atoms with Gasteiger partial charge in [0.2, 0.25) is 0 Å². The average Bonchev–Trinajstić information content (AvgIpc) is 2.83. The molecule has 1 heterocycles. The first-order valence-electron chi connectivity index (χ1n) is 6.96. The minimum Gasteiger partial charge on any atom is -0.321 e. The molecule has 1 aromatic heterocycles. The minimum atomic E-state index is 0.498. The van der Waals surface area contributed by atoms with Crippen LogP contribution in [0.15, 0.2) is 24.4 Å². The molecule has 0 aliphatic carbocycles. The van der Waals surface area contributed by atoms with Crippen LogP contribution in [-0.2, 0) is 6.54 Å². The van der Waals surface area contributed by atoms with Gasteiger partial charge in [-0.05, 0) is 37.1 Å². The first-order chi connectivity index (χ1) is 9.45. The summed E-state index contributed by atoms with van der Waals surface area (Å²) in [6.45, 7) is 9.46. The van der Waals surface area contributed by atoms with Crippen LogP contribution in [0.2, 0.25) is 0 Å². The molecule has 1 aromatic carbocycles. The second-order valence-electron chi connectivity index (χ2n) is 5.55. The molecule has 0 amide bonds. The third kappa shape index (κ3) is 3.81. The van der Waals surface area contributed by atoms with Crippen molar-refractivity contribution in [1.82, 2.24) is 10.3 Å². The van der Waals surface area contributed by atoms with E-state index < -0.39 is 0 Å². The molecule has 0 radical (unpaired) electrons. The fourth-order valence-corrected chi connectivity index (χ4v) is 2.94. The number of rotatable bonds is 5. The number of thiazole rings is 1. The summed E-state index contributed by atoms with van der Waals surface area (Å²) in [5, 5.41) is 4.46. The zero-order chi connectivity index (χ0) is 14.7. The van der Waals surface area contributed by atoms with Crippen molar-refractivity contribution in [1.29, 1.82) is 0 Å². The molecule has 3 nitrogen and oxygen atoms in total. The van der Waals surface area contributed by atoms with E-state index in [0.717, 1.165) is 11.7 Å². The lowest BCUT2D eigenvalue weighted by Gasteiger charge is -2.17. The largest absolute Gasteiger partial charge is 0.321 e. The van der Waals surface area contributed by atoms with Gasteiger partial charge in [0.25, 0.3) is 0 Å². The SMILES string of the molecule is Cc1cc(C)cc(N(C)c2ncc(CNC(C)C)s2)c1. The summed E-state index contributed by atoms with van der Waals surface area (Å²) in [5.41, 5.74) is 3.76. The van der Waals surface area contributed by atoms with E-state index in [1.54, 1.807) is 11.3 Å². The molecule has 0 unspecified atom stereocenters. The van der Waals surface area contributed by atoms with E-state index in [1.807, 2.05) is 6.20 Å². The summed E-state index contributed by atoms with van der Waals surface area (Å²) in [6.07, 6.45) is 1.97. The van der Waals surface area contributed by atoms with Crippen molar-refractivity contribution in [2.24, 2.45) is 0 Å². The van der Waals surface area contributed by atoms with Crippen molar-refractivity contribution in [3.8, 4) is 0 Å². The second-order valence-corrected chi connectivity index (χ2v) is 6.64. The highest BCUT2D eigenvalue weighted by molar-refractivity contribution is 7.15. The quantitative estimate of drug-likeness (QED) is 0.901. The topological polar surface area (TPSA) is 28.2 Å². The summed E-state index contributed by atoms with van der Waals surface area (Å²) in [5.74, 6) is 0. The van der Waals surface area contributed by atoms with Gasteiger partial charge < -0.3 is 10.2 Å². The summed E-state index contributed by atoms with van der Waals surface area (Å²) in [7, 11) is 2.08. The Hall–Kier alpha value is -1.39. The fourth-order valence-electron chi connectivity index (χ4n) is 2.09. The first-order valence-corrected chi connectivity index (χ1v) is 7.77. The van der Waals surface area contributed by atoms with Crippen LogP contribution < -0.4 is 10.2 Å². The predicted octanol–water partition coefficient (Wildman–Crippen LogP) is 4.03. The van der Waals surface area contributed by atoms with Crippen LogP contribution in [0.1, 0.15) is 29.9 Å². The minimum absolute atomic E-state index is 0.498. The molecular formula is C16H23N3S. The van der Waals surface area contributed by atoms with Crippen LogP contribution >= 0.6 is 11.3 Å². The number of hydrogen-bond acceptors (Lipinski definition) is 4. The Balaban J connectivity index is 2.14. The molecule has 0 saturated heterocycles. The van der Waals surface area contributed by atoms with Crippen molar-refractivity contribution in [3.63, 3.8) is 0 Å². The van der Waals surface area contributed by atoms with Crippen LogP contribution in [0.5, 0.6) is 0 Å². The van der Waals surface area contributed by atoms with Gasteiger partial charge in [0.05, 0.1) is 0 Å². The number of anilines is 2. The third-order valence-electron chi connectivity index (χ3n) is 3.11. The van der Waals surface area contributed by atoms with Gasteiger partial charge in [-0.3, -0.25) is 0 Å². The van der Waals surface area contributed by atoms with Gasteiger partial charge in [-0.15, -0.1) is 11.3 Å². The Labute approximate surface area is 125 Å². The van der Waals surface area contributed by atoms with Gasteiger partial charge in [0.15, 0.2) is 5.13 Å². The van der Waals surface area contributed by atoms with Gasteiger partial charge in [0.1, 0.15) is 0 Å². The predicted molar refractivity (Wildman–Crippen MR) is 88.1 cm³/mol. The van der Waals surface area contributed by atoms with Crippen LogP contribution in [-0.4, -0.2) is 18.1 Å². The number of nitrogens with zero attached hydrogens (tertiary/aromatic N) is 2. The summed E-state index contributed by atoms with van der Waals surface area (Å²) in [4.78, 5) is 7.96. The Bertz CT molecular complexity index is 555. The van der Waals surface area contributed by atoms with Crippen LogP contribution in [0, 0.1) is 13.8 Å². The third-order valence-corrected chi connectivity index (χ3v) is 4.18. The van der Waals surface area contributed by atoms with E-state index >= 15 is 0 Å². The Morgan fingerprint density at radius 2 is 1.85 bits per heavy atom. The number of benzene rings is 1. The summed E-state index contributed by atoms with van der Waals surface area (Å²) >= 11 is 1.74. The van der Waals surface area contributed by atoms with E-state index in [2.05, 4.69) is 68.1 Å². The number of hydrogen-bond donors (Lipinski definition) is 1. The smallest absolute Gasteiger partial charge is 0.189 e. The maximum atomic E-state index is 4.53. The molecule has 2 aromatic rings. The van der Waals surface area contributed by atoms with Crippen LogP contribution in [0.3, 0.4) is 0 Å². The average molecular weight is 289 g/mol. The number of aryl methyl sites for hydroxylation is 2. The molecule has 0 saturated carbocycles. The van der Waals surface area contributed by atoms with Gasteiger partial charge in [0, 0.05) is 36.4 Å². The van der Waals surface area contributed by atoms with Gasteiger partial charge in [-0.2, -0.15) is 0 Å². The molecule has 4 heteroatoms. The number of aromatic nitrogens is 1. The zero-order valence-corrected chi connectivity index (χ0v) is 13.7. The lowest BCUT2D eigenvalue weighted by atomic mass is 10.1. The van der Waals surface area contributed by atoms with Crippen molar-refractivity contribution in [2.75, 3.05) is 11.9 Å². The molecular weight excluding hydrogens is 266 g/mol. The van der Waals surface area contributed by atoms with Gasteiger partial charge in [-0.1, -0.05) is 19.9 Å². The van der Waals surface area contributed by atoms with Gasteiger partial charge >= 0.3 is 0 Å². The Morgan fingerprint density at radius 1 is 1.20 bits per heavy atom. The molecule has 20 heavy (non-hydrogen) atoms. The molecule has 0 spiro atoms. The molecule has 0 fully saturated rings. The van der Waals surface area contributed by atoms with Crippen LogP contribution in [0.25, 0.3) is 0 Å². The maximum Gasteiger partial charge on any atom is 0.189 e. The normalized spacial score (nSPS) is 11.1. The molecule has 0 atom stereocenters. The highest BCUT2D eigenvalue weighted by Gasteiger charge is 2.10. The van der Waals surface area contributed by atoms with E-state index in [4.69, 9.17) is 0 Å². The Kier molecular flexibility index (Phi) is 4.78. The first kappa shape index (κ1) is 15.0. The maximum absolute atomic E-state index is 4.53. The zero-order valence-electron chi connectivity index (χ0n) is 12.9. The highest BCUT2D eigenvalue weighted by atomic mass is 32.1. The second kappa shape index (κ2) is 6.37. The molecule has 2 rings (SSSR count). The van der Waals surface area contributed by atoms with E-state index in [-0.39, 0.29) is 0 Å². The monoisotopic (exact) mass is 289 g/mol. The highest BCUT2D eigenvalue weighted by Crippen LogP contribution is 2.29. The van der Waals surface area contributed by atoms with Crippen molar-refractivity contribution < 1.29 is 0 Å². The molecule has 0 aliphatic heterocycles. The lowest BCUT2D eigenvalue weighted by molar-refractivity contribution is 0.593. The van der Waals surface area contributed by atoms with E-state index in [9.17, 15) is 0 Å². The fraction of sp³-hybridized carbons (Fsp3) is 0.438. The Morgan fingerprint density at radius 3 is 2.45 bits per heavy atom. The van der Waals surface area contributed by atoms with Crippen molar-refractivity contribution in [3.05, 3.63) is 40.4 Å². The molecule has 0 aliphatic rings. The molecule has 108 valence electrons. The van der Waals surface area contributed by atoms with Crippen molar-refractivity contribution in [2.45, 2.75) is 40.3 Å². The molecule has 1 N–H and O–H groups in total. The van der Waals surface area contributed by atoms with Crippen molar-refractivity contribution >= 4 is 22.2 Å². The summed E-state index contributed by atoms with van der Waals surface area (Å²) < 4.78 is 0. The van der Waals surface area contributed by atoms with E-state index in [0.29, 0.717) is 6.04 Å². The molecule has 0 bridgehead atoms. The number of nitrogens with one attached hydrogen (secondary N) is 1. The standard InChI is InChI=1S/C16H23N3S/c1-11(2)17-9-15-10-18-16(20-15)19(5)14-7-12(3)6-13(4)8-14/h6-8,10-11,17H,9H2,1-5H3. The summed E-state index contributed by atoms with van der Waals surface area (Å²) in [6, 6.07) is 7.08. The lowest BCUT2D eigenvalue weighted by Crippen LogP contribution is -2.21. The van der Waals surface area contributed by atoms with Crippen LogP contribution in [0.4, 0.5) is 10.8 Å².